The molecule has 0 aromatic carbocycles. The van der Waals surface area contributed by atoms with Gasteiger partial charge in [-0.15, -0.1) is 11.3 Å². The summed E-state index contributed by atoms with van der Waals surface area (Å²) in [7, 11) is 0. The molecule has 1 saturated heterocycles. The fourth-order valence-corrected chi connectivity index (χ4v) is 4.05. The number of anilines is 2. The van der Waals surface area contributed by atoms with Crippen LogP contribution in [0.15, 0.2) is 17.5 Å². The van der Waals surface area contributed by atoms with Gasteiger partial charge in [0, 0.05) is 56.8 Å². The maximum atomic E-state index is 12.2. The van der Waals surface area contributed by atoms with E-state index < -0.39 is 5.91 Å². The average Bonchev–Trinajstić information content (AvgIpc) is 3.14. The van der Waals surface area contributed by atoms with Crippen LogP contribution < -0.4 is 16.0 Å². The van der Waals surface area contributed by atoms with Gasteiger partial charge in [-0.05, 0) is 18.4 Å². The Morgan fingerprint density at radius 2 is 1.97 bits per heavy atom. The Kier molecular flexibility index (Phi) is 6.81. The third-order valence-corrected chi connectivity index (χ3v) is 5.74. The van der Waals surface area contributed by atoms with Crippen molar-refractivity contribution >= 4 is 34.0 Å². The van der Waals surface area contributed by atoms with Gasteiger partial charge in [0.25, 0.3) is 5.91 Å². The van der Waals surface area contributed by atoms with E-state index >= 15 is 0 Å². The molecule has 1 aliphatic rings. The van der Waals surface area contributed by atoms with Crippen LogP contribution in [0.2, 0.25) is 0 Å². The number of nitrogens with zero attached hydrogens (tertiary/aromatic N) is 4. The lowest BCUT2D eigenvalue weighted by atomic mass is 10.2. The molecule has 3 heterocycles. The molecule has 3 rings (SSSR count). The first-order chi connectivity index (χ1) is 13.8. The zero-order chi connectivity index (χ0) is 21.0. The fraction of sp³-hybridized carbons (Fsp3) is 0.500. The molecule has 0 atom stereocenters. The predicted molar refractivity (Wildman–Crippen MR) is 116 cm³/mol. The number of piperazine rings is 1. The molecule has 0 spiro atoms. The number of hydrogen-bond donors (Lipinski definition) is 2. The number of thiophene rings is 1. The van der Waals surface area contributed by atoms with E-state index in [2.05, 4.69) is 33.9 Å². The number of hydrogen-bond acceptors (Lipinski definition) is 7. The lowest BCUT2D eigenvalue weighted by Crippen LogP contribution is -2.47. The topological polar surface area (TPSA) is 104 Å². The fourth-order valence-electron chi connectivity index (χ4n) is 3.24. The largest absolute Gasteiger partial charge is 0.366 e. The molecule has 0 radical (unpaired) electrons. The van der Waals surface area contributed by atoms with Crippen molar-refractivity contribution in [1.82, 2.24) is 14.9 Å². The second kappa shape index (κ2) is 9.32. The van der Waals surface area contributed by atoms with Crippen molar-refractivity contribution in [3.63, 3.8) is 0 Å². The van der Waals surface area contributed by atoms with E-state index in [1.807, 2.05) is 13.0 Å². The molecule has 0 aliphatic carbocycles. The van der Waals surface area contributed by atoms with Crippen LogP contribution in [0.3, 0.4) is 0 Å². The van der Waals surface area contributed by atoms with Crippen LogP contribution in [-0.2, 0) is 4.79 Å². The molecular weight excluding hydrogens is 388 g/mol. The van der Waals surface area contributed by atoms with E-state index in [1.165, 1.54) is 11.3 Å². The molecule has 2 amide bonds. The van der Waals surface area contributed by atoms with Gasteiger partial charge < -0.3 is 16.0 Å². The van der Waals surface area contributed by atoms with Crippen LogP contribution in [0.1, 0.15) is 48.1 Å². The van der Waals surface area contributed by atoms with Gasteiger partial charge in [-0.25, -0.2) is 9.97 Å². The first-order valence-corrected chi connectivity index (χ1v) is 10.7. The number of carbonyl (C=O) groups is 2. The van der Waals surface area contributed by atoms with Crippen LogP contribution in [0.25, 0.3) is 0 Å². The maximum Gasteiger partial charge on any atom is 0.251 e. The molecular formula is C20H28N6O2S. The summed E-state index contributed by atoms with van der Waals surface area (Å²) in [5.74, 6) is 1.52. The van der Waals surface area contributed by atoms with Gasteiger partial charge in [-0.1, -0.05) is 13.8 Å². The van der Waals surface area contributed by atoms with Crippen LogP contribution in [0.5, 0.6) is 0 Å². The van der Waals surface area contributed by atoms with Crippen molar-refractivity contribution < 1.29 is 9.59 Å². The molecule has 29 heavy (non-hydrogen) atoms. The monoisotopic (exact) mass is 416 g/mol. The van der Waals surface area contributed by atoms with E-state index in [0.717, 1.165) is 43.5 Å². The van der Waals surface area contributed by atoms with Gasteiger partial charge in [-0.2, -0.15) is 0 Å². The summed E-state index contributed by atoms with van der Waals surface area (Å²) in [4.78, 5) is 37.4. The van der Waals surface area contributed by atoms with Crippen molar-refractivity contribution in [1.29, 1.82) is 0 Å². The molecule has 9 heteroatoms. The molecule has 2 aromatic heterocycles. The van der Waals surface area contributed by atoms with Gasteiger partial charge in [0.05, 0.1) is 5.56 Å². The minimum Gasteiger partial charge on any atom is -0.366 e. The van der Waals surface area contributed by atoms with E-state index in [-0.39, 0.29) is 5.91 Å². The van der Waals surface area contributed by atoms with Gasteiger partial charge in [0.2, 0.25) is 5.91 Å². The van der Waals surface area contributed by atoms with E-state index in [0.29, 0.717) is 29.4 Å². The molecule has 1 aliphatic heterocycles. The summed E-state index contributed by atoms with van der Waals surface area (Å²) in [6.45, 7) is 10.4. The Balaban J connectivity index is 1.48. The molecule has 8 nitrogen and oxygen atoms in total. The van der Waals surface area contributed by atoms with Crippen LogP contribution in [0, 0.1) is 6.92 Å². The molecule has 2 aromatic rings. The van der Waals surface area contributed by atoms with Gasteiger partial charge in [-0.3, -0.25) is 14.5 Å². The van der Waals surface area contributed by atoms with Gasteiger partial charge >= 0.3 is 0 Å². The number of rotatable bonds is 7. The number of nitrogens with two attached hydrogens (primary N) is 1. The highest BCUT2D eigenvalue weighted by Gasteiger charge is 2.20. The standard InChI is InChI=1S/C20H28N6O2S/c1-13(2)19-22-14(3)12-16(23-19)26-9-7-25(8-10-26)6-4-17(27)24-20-15(18(21)28)5-11-29-20/h5,11-13H,4,6-10H2,1-3H3,(H2,21,28)(H,24,27). The van der Waals surface area contributed by atoms with Crippen molar-refractivity contribution in [3.8, 4) is 0 Å². The minimum absolute atomic E-state index is 0.106. The Hall–Kier alpha value is -2.52. The number of nitrogens with one attached hydrogen (secondary N) is 1. The summed E-state index contributed by atoms with van der Waals surface area (Å²) in [6, 6.07) is 3.66. The highest BCUT2D eigenvalue weighted by atomic mass is 32.1. The number of aromatic nitrogens is 2. The zero-order valence-corrected chi connectivity index (χ0v) is 18.0. The number of amides is 2. The van der Waals surface area contributed by atoms with Crippen molar-refractivity contribution in [2.75, 3.05) is 42.9 Å². The summed E-state index contributed by atoms with van der Waals surface area (Å²) in [5, 5.41) is 5.06. The molecule has 0 unspecified atom stereocenters. The predicted octanol–water partition coefficient (Wildman–Crippen LogP) is 2.22. The second-order valence-electron chi connectivity index (χ2n) is 7.53. The highest BCUT2D eigenvalue weighted by molar-refractivity contribution is 7.14. The van der Waals surface area contributed by atoms with E-state index in [1.54, 1.807) is 11.4 Å². The van der Waals surface area contributed by atoms with Crippen molar-refractivity contribution in [2.24, 2.45) is 5.73 Å². The first-order valence-electron chi connectivity index (χ1n) is 9.83. The zero-order valence-electron chi connectivity index (χ0n) is 17.1. The summed E-state index contributed by atoms with van der Waals surface area (Å²) < 4.78 is 0. The summed E-state index contributed by atoms with van der Waals surface area (Å²) in [6.07, 6.45) is 0.375. The van der Waals surface area contributed by atoms with Gasteiger partial charge in [0.1, 0.15) is 16.6 Å². The van der Waals surface area contributed by atoms with Crippen LogP contribution in [0.4, 0.5) is 10.8 Å². The average molecular weight is 417 g/mol. The van der Waals surface area contributed by atoms with E-state index in [4.69, 9.17) is 10.7 Å². The Bertz CT molecular complexity index is 874. The normalized spacial score (nSPS) is 15.0. The van der Waals surface area contributed by atoms with Gasteiger partial charge in [0.15, 0.2) is 0 Å². The lowest BCUT2D eigenvalue weighted by Gasteiger charge is -2.35. The number of carbonyl (C=O) groups excluding carboxylic acids is 2. The number of aryl methyl sites for hydroxylation is 1. The van der Waals surface area contributed by atoms with Crippen LogP contribution in [-0.4, -0.2) is 59.4 Å². The van der Waals surface area contributed by atoms with E-state index in [9.17, 15) is 9.59 Å². The quantitative estimate of drug-likeness (QED) is 0.717. The smallest absolute Gasteiger partial charge is 0.251 e. The second-order valence-corrected chi connectivity index (χ2v) is 8.45. The molecule has 1 fully saturated rings. The maximum absolute atomic E-state index is 12.2. The number of primary amides is 1. The van der Waals surface area contributed by atoms with Crippen molar-refractivity contribution in [3.05, 3.63) is 34.6 Å². The third-order valence-electron chi connectivity index (χ3n) is 4.91. The molecule has 0 bridgehead atoms. The minimum atomic E-state index is -0.529. The summed E-state index contributed by atoms with van der Waals surface area (Å²) in [5.41, 5.74) is 6.66. The SMILES string of the molecule is Cc1cc(N2CCN(CCC(=O)Nc3sccc3C(N)=O)CC2)nc(C(C)C)n1. The van der Waals surface area contributed by atoms with Crippen LogP contribution >= 0.6 is 11.3 Å². The van der Waals surface area contributed by atoms with Crippen molar-refractivity contribution in [2.45, 2.75) is 33.1 Å². The Morgan fingerprint density at radius 1 is 1.24 bits per heavy atom. The molecule has 156 valence electrons. The lowest BCUT2D eigenvalue weighted by molar-refractivity contribution is -0.116. The molecule has 0 saturated carbocycles. The highest BCUT2D eigenvalue weighted by Crippen LogP contribution is 2.23. The summed E-state index contributed by atoms with van der Waals surface area (Å²) >= 11 is 1.30. The Labute approximate surface area is 175 Å². The molecule has 3 N–H and O–H groups in total. The Morgan fingerprint density at radius 3 is 2.62 bits per heavy atom. The first kappa shape index (κ1) is 21.2. The third kappa shape index (κ3) is 5.51.